The summed E-state index contributed by atoms with van der Waals surface area (Å²) in [5, 5.41) is 2.66. The van der Waals surface area contributed by atoms with Crippen molar-refractivity contribution in [1.82, 2.24) is 19.9 Å². The lowest BCUT2D eigenvalue weighted by molar-refractivity contribution is 0.0526. The van der Waals surface area contributed by atoms with Crippen molar-refractivity contribution < 1.29 is 14.3 Å². The average Bonchev–Trinajstić information content (AvgIpc) is 2.50. The van der Waals surface area contributed by atoms with Crippen molar-refractivity contribution >= 4 is 17.3 Å². The van der Waals surface area contributed by atoms with E-state index in [1.54, 1.807) is 32.9 Å². The number of fused-ring (bicyclic) bond motifs is 1. The fourth-order valence-corrected chi connectivity index (χ4v) is 2.09. The second-order valence-electron chi connectivity index (χ2n) is 6.23. The van der Waals surface area contributed by atoms with Gasteiger partial charge in [0, 0.05) is 19.2 Å². The van der Waals surface area contributed by atoms with E-state index in [0.29, 0.717) is 36.6 Å². The molecule has 0 saturated heterocycles. The van der Waals surface area contributed by atoms with Crippen molar-refractivity contribution in [3.8, 4) is 5.88 Å². The molecular weight excluding hydrogens is 312 g/mol. The van der Waals surface area contributed by atoms with Gasteiger partial charge in [-0.3, -0.25) is 9.36 Å². The summed E-state index contributed by atoms with van der Waals surface area (Å²) >= 11 is 0. The van der Waals surface area contributed by atoms with E-state index >= 15 is 0 Å². The summed E-state index contributed by atoms with van der Waals surface area (Å²) in [7, 11) is 1.51. The van der Waals surface area contributed by atoms with E-state index in [9.17, 15) is 9.59 Å². The number of aryl methyl sites for hydroxylation is 1. The van der Waals surface area contributed by atoms with Gasteiger partial charge >= 0.3 is 6.09 Å². The van der Waals surface area contributed by atoms with Crippen molar-refractivity contribution in [3.05, 3.63) is 28.7 Å². The van der Waals surface area contributed by atoms with E-state index in [4.69, 9.17) is 9.47 Å². The van der Waals surface area contributed by atoms with Crippen LogP contribution in [0.5, 0.6) is 5.88 Å². The van der Waals surface area contributed by atoms with Crippen LogP contribution < -0.4 is 15.6 Å². The standard InChI is InChI=1S/C16H22N4O4/c1-16(2,3)24-15(22)17-8-5-9-20-13(21)10-18-11-6-7-12(23-4)19-14(11)20/h6-7,10H,5,8-9H2,1-4H3,(H,17,22). The first-order valence-electron chi connectivity index (χ1n) is 7.67. The van der Waals surface area contributed by atoms with Gasteiger partial charge in [-0.2, -0.15) is 4.98 Å². The molecular formula is C16H22N4O4. The minimum absolute atomic E-state index is 0.250. The van der Waals surface area contributed by atoms with Crippen LogP contribution in [0.3, 0.4) is 0 Å². The van der Waals surface area contributed by atoms with E-state index in [1.807, 2.05) is 0 Å². The lowest BCUT2D eigenvalue weighted by Crippen LogP contribution is -2.33. The molecule has 0 aliphatic heterocycles. The Hall–Kier alpha value is -2.64. The summed E-state index contributed by atoms with van der Waals surface area (Å²) in [6, 6.07) is 3.43. The molecule has 8 heteroatoms. The van der Waals surface area contributed by atoms with Crippen LogP contribution in [-0.2, 0) is 11.3 Å². The first-order chi connectivity index (χ1) is 11.3. The summed E-state index contributed by atoms with van der Waals surface area (Å²) in [5.74, 6) is 0.413. The number of alkyl carbamates (subject to hydrolysis) is 1. The Morgan fingerprint density at radius 2 is 2.08 bits per heavy atom. The molecule has 0 spiro atoms. The minimum atomic E-state index is -0.539. The fourth-order valence-electron chi connectivity index (χ4n) is 2.09. The van der Waals surface area contributed by atoms with Crippen molar-refractivity contribution in [2.45, 2.75) is 39.3 Å². The number of pyridine rings is 1. The summed E-state index contributed by atoms with van der Waals surface area (Å²) in [6.45, 7) is 6.18. The van der Waals surface area contributed by atoms with Crippen molar-refractivity contribution in [2.75, 3.05) is 13.7 Å². The monoisotopic (exact) mass is 334 g/mol. The molecule has 0 unspecified atom stereocenters. The maximum absolute atomic E-state index is 12.1. The van der Waals surface area contributed by atoms with E-state index in [0.717, 1.165) is 0 Å². The topological polar surface area (TPSA) is 95.3 Å². The molecule has 2 aromatic heterocycles. The van der Waals surface area contributed by atoms with Crippen LogP contribution in [0.15, 0.2) is 23.1 Å². The molecule has 0 atom stereocenters. The van der Waals surface area contributed by atoms with Gasteiger partial charge in [0.25, 0.3) is 5.56 Å². The molecule has 0 aliphatic rings. The first kappa shape index (κ1) is 17.7. The molecule has 2 rings (SSSR count). The maximum atomic E-state index is 12.1. The zero-order valence-electron chi connectivity index (χ0n) is 14.3. The maximum Gasteiger partial charge on any atom is 0.407 e. The lowest BCUT2D eigenvalue weighted by atomic mass is 10.2. The van der Waals surface area contributed by atoms with Gasteiger partial charge in [-0.25, -0.2) is 9.78 Å². The van der Waals surface area contributed by atoms with Gasteiger partial charge in [0.05, 0.1) is 13.3 Å². The molecule has 0 radical (unpaired) electrons. The third-order valence-electron chi connectivity index (χ3n) is 3.10. The predicted octanol–water partition coefficient (Wildman–Crippen LogP) is 1.71. The molecule has 2 aromatic rings. The molecule has 0 saturated carbocycles. The number of carbonyl (C=O) groups excluding carboxylic acids is 1. The highest BCUT2D eigenvalue weighted by Gasteiger charge is 2.15. The Balaban J connectivity index is 2.03. The van der Waals surface area contributed by atoms with E-state index in [1.165, 1.54) is 17.9 Å². The molecule has 8 nitrogen and oxygen atoms in total. The number of rotatable bonds is 5. The van der Waals surface area contributed by atoms with Crippen LogP contribution in [0.25, 0.3) is 11.2 Å². The fraction of sp³-hybridized carbons (Fsp3) is 0.500. The van der Waals surface area contributed by atoms with Crippen molar-refractivity contribution in [3.63, 3.8) is 0 Å². The normalized spacial score (nSPS) is 11.3. The summed E-state index contributed by atoms with van der Waals surface area (Å²) in [6.07, 6.45) is 1.34. The smallest absolute Gasteiger partial charge is 0.407 e. The number of methoxy groups -OCH3 is 1. The van der Waals surface area contributed by atoms with Crippen LogP contribution in [0.2, 0.25) is 0 Å². The number of aromatic nitrogens is 3. The number of hydrogen-bond acceptors (Lipinski definition) is 6. The minimum Gasteiger partial charge on any atom is -0.481 e. The van der Waals surface area contributed by atoms with Crippen LogP contribution in [0.4, 0.5) is 4.79 Å². The van der Waals surface area contributed by atoms with Gasteiger partial charge in [-0.1, -0.05) is 0 Å². The Morgan fingerprint density at radius 1 is 1.33 bits per heavy atom. The van der Waals surface area contributed by atoms with E-state index in [-0.39, 0.29) is 5.56 Å². The average molecular weight is 334 g/mol. The zero-order chi connectivity index (χ0) is 17.7. The second-order valence-corrected chi connectivity index (χ2v) is 6.23. The summed E-state index contributed by atoms with van der Waals surface area (Å²) < 4.78 is 11.8. The molecule has 0 aromatic carbocycles. The van der Waals surface area contributed by atoms with Gasteiger partial charge in [0.15, 0.2) is 5.65 Å². The predicted molar refractivity (Wildman–Crippen MR) is 89.2 cm³/mol. The third kappa shape index (κ3) is 4.68. The highest BCUT2D eigenvalue weighted by atomic mass is 16.6. The van der Waals surface area contributed by atoms with Crippen molar-refractivity contribution in [2.24, 2.45) is 0 Å². The SMILES string of the molecule is COc1ccc2ncc(=O)n(CCCNC(=O)OC(C)(C)C)c2n1. The van der Waals surface area contributed by atoms with Gasteiger partial charge < -0.3 is 14.8 Å². The molecule has 0 aliphatic carbocycles. The first-order valence-corrected chi connectivity index (χ1v) is 7.67. The number of nitrogens with zero attached hydrogens (tertiary/aromatic N) is 3. The Bertz CT molecular complexity index is 780. The van der Waals surface area contributed by atoms with Gasteiger partial charge in [-0.15, -0.1) is 0 Å². The molecule has 2 heterocycles. The number of carbonyl (C=O) groups is 1. The highest BCUT2D eigenvalue weighted by Crippen LogP contribution is 2.13. The third-order valence-corrected chi connectivity index (χ3v) is 3.10. The van der Waals surface area contributed by atoms with Crippen LogP contribution in [0, 0.1) is 0 Å². The quantitative estimate of drug-likeness (QED) is 0.837. The second kappa shape index (κ2) is 7.29. The molecule has 0 bridgehead atoms. The van der Waals surface area contributed by atoms with Gasteiger partial charge in [-0.05, 0) is 33.3 Å². The largest absolute Gasteiger partial charge is 0.481 e. The Morgan fingerprint density at radius 3 is 2.75 bits per heavy atom. The van der Waals surface area contributed by atoms with Crippen LogP contribution >= 0.6 is 0 Å². The van der Waals surface area contributed by atoms with Crippen molar-refractivity contribution in [1.29, 1.82) is 0 Å². The van der Waals surface area contributed by atoms with E-state index < -0.39 is 11.7 Å². The molecule has 1 N–H and O–H groups in total. The number of ether oxygens (including phenoxy) is 2. The summed E-state index contributed by atoms with van der Waals surface area (Å²) in [4.78, 5) is 32.0. The van der Waals surface area contributed by atoms with Gasteiger partial charge in [0.1, 0.15) is 11.1 Å². The Labute approximate surface area is 139 Å². The number of nitrogens with one attached hydrogen (secondary N) is 1. The molecule has 0 fully saturated rings. The molecule has 1 amide bonds. The molecule has 24 heavy (non-hydrogen) atoms. The lowest BCUT2D eigenvalue weighted by Gasteiger charge is -2.19. The van der Waals surface area contributed by atoms with Crippen LogP contribution in [0.1, 0.15) is 27.2 Å². The zero-order valence-corrected chi connectivity index (χ0v) is 14.3. The van der Waals surface area contributed by atoms with Gasteiger partial charge in [0.2, 0.25) is 5.88 Å². The van der Waals surface area contributed by atoms with E-state index in [2.05, 4.69) is 15.3 Å². The Kier molecular flexibility index (Phi) is 5.38. The van der Waals surface area contributed by atoms with Crippen LogP contribution in [-0.4, -0.2) is 39.9 Å². The highest BCUT2D eigenvalue weighted by molar-refractivity contribution is 5.70. The molecule has 130 valence electrons. The number of amides is 1. The summed E-state index contributed by atoms with van der Waals surface area (Å²) in [5.41, 5.74) is 0.276. The number of hydrogen-bond donors (Lipinski definition) is 1.